The number of rotatable bonds is 12. The minimum Gasteiger partial charge on any atom is -0.414 e. The Morgan fingerprint density at radius 2 is 1.53 bits per heavy atom. The predicted octanol–water partition coefficient (Wildman–Crippen LogP) is 7.45. The van der Waals surface area contributed by atoms with Crippen LogP contribution in [0.3, 0.4) is 0 Å². The highest BCUT2D eigenvalue weighted by Gasteiger charge is 2.46. The van der Waals surface area contributed by atoms with Crippen LogP contribution in [0.15, 0.2) is 24.3 Å². The normalized spacial score (nSPS) is 24.9. The van der Waals surface area contributed by atoms with Gasteiger partial charge in [0, 0.05) is 6.10 Å². The second-order valence-electron chi connectivity index (χ2n) is 13.5. The monoisotopic (exact) mass is 512 g/mol. The fraction of sp³-hybridized carbons (Fsp3) is 0.857. The molecule has 34 heavy (non-hydrogen) atoms. The molecule has 0 radical (unpaired) electrons. The van der Waals surface area contributed by atoms with Gasteiger partial charge in [0.1, 0.15) is 0 Å². The van der Waals surface area contributed by atoms with Crippen LogP contribution in [-0.4, -0.2) is 51.8 Å². The maximum atomic E-state index is 9.57. The van der Waals surface area contributed by atoms with Crippen molar-refractivity contribution in [3.63, 3.8) is 0 Å². The molecule has 1 aliphatic carbocycles. The van der Waals surface area contributed by atoms with Gasteiger partial charge in [-0.1, -0.05) is 65.8 Å². The molecule has 0 amide bonds. The highest BCUT2D eigenvalue weighted by Crippen LogP contribution is 2.46. The maximum Gasteiger partial charge on any atom is 0.192 e. The molecule has 1 fully saturated rings. The molecule has 4 nitrogen and oxygen atoms in total. The van der Waals surface area contributed by atoms with Gasteiger partial charge in [-0.05, 0) is 87.1 Å². The van der Waals surface area contributed by atoms with E-state index in [-0.39, 0.29) is 35.0 Å². The van der Waals surface area contributed by atoms with Gasteiger partial charge in [-0.2, -0.15) is 0 Å². The lowest BCUT2D eigenvalue weighted by Crippen LogP contribution is -2.46. The van der Waals surface area contributed by atoms with E-state index in [9.17, 15) is 10.2 Å². The van der Waals surface area contributed by atoms with Crippen LogP contribution in [0.25, 0.3) is 0 Å². The highest BCUT2D eigenvalue weighted by atomic mass is 28.4. The molecule has 0 aromatic rings. The molecule has 6 heteroatoms. The Morgan fingerprint density at radius 1 is 0.941 bits per heavy atom. The minimum atomic E-state index is -1.99. The van der Waals surface area contributed by atoms with Crippen molar-refractivity contribution in [3.8, 4) is 0 Å². The summed E-state index contributed by atoms with van der Waals surface area (Å²) in [5.41, 5.74) is 0. The van der Waals surface area contributed by atoms with Crippen molar-refractivity contribution >= 4 is 16.6 Å². The van der Waals surface area contributed by atoms with Crippen LogP contribution < -0.4 is 0 Å². The van der Waals surface area contributed by atoms with Crippen LogP contribution in [0.1, 0.15) is 80.6 Å². The van der Waals surface area contributed by atoms with E-state index in [4.69, 9.17) is 8.85 Å². The van der Waals surface area contributed by atoms with Gasteiger partial charge >= 0.3 is 0 Å². The number of allylic oxidation sites excluding steroid dienone is 2. The van der Waals surface area contributed by atoms with Gasteiger partial charge in [-0.3, -0.25) is 0 Å². The zero-order valence-corrected chi connectivity index (χ0v) is 26.1. The van der Waals surface area contributed by atoms with Crippen molar-refractivity contribution in [2.75, 3.05) is 6.61 Å². The Kier molecular flexibility index (Phi) is 12.0. The first-order chi connectivity index (χ1) is 15.4. The van der Waals surface area contributed by atoms with Crippen LogP contribution in [0.5, 0.6) is 0 Å². The first-order valence-electron chi connectivity index (χ1n) is 13.4. The van der Waals surface area contributed by atoms with Crippen LogP contribution in [-0.2, 0) is 8.85 Å². The fourth-order valence-corrected chi connectivity index (χ4v) is 6.79. The van der Waals surface area contributed by atoms with E-state index < -0.39 is 16.6 Å². The van der Waals surface area contributed by atoms with E-state index in [1.807, 2.05) is 13.0 Å². The number of aliphatic hydroxyl groups excluding tert-OH is 2. The van der Waals surface area contributed by atoms with Crippen LogP contribution in [0.4, 0.5) is 0 Å². The summed E-state index contributed by atoms with van der Waals surface area (Å²) in [6.07, 6.45) is 13.5. The smallest absolute Gasteiger partial charge is 0.192 e. The molecule has 0 aliphatic heterocycles. The first-order valence-corrected chi connectivity index (χ1v) is 19.2. The van der Waals surface area contributed by atoms with E-state index in [0.29, 0.717) is 11.8 Å². The third kappa shape index (κ3) is 9.66. The number of aliphatic hydroxyl groups is 2. The Morgan fingerprint density at radius 3 is 2.03 bits per heavy atom. The van der Waals surface area contributed by atoms with E-state index >= 15 is 0 Å². The lowest BCUT2D eigenvalue weighted by atomic mass is 9.89. The molecule has 200 valence electrons. The molecule has 0 unspecified atom stereocenters. The number of hydrogen-bond donors (Lipinski definition) is 2. The largest absolute Gasteiger partial charge is 0.414 e. The maximum absolute atomic E-state index is 9.57. The van der Waals surface area contributed by atoms with Crippen molar-refractivity contribution in [1.29, 1.82) is 0 Å². The molecule has 0 spiro atoms. The summed E-state index contributed by atoms with van der Waals surface area (Å²) in [5, 5.41) is 19.4. The molecule has 0 heterocycles. The van der Waals surface area contributed by atoms with Crippen molar-refractivity contribution in [1.82, 2.24) is 0 Å². The van der Waals surface area contributed by atoms with Crippen molar-refractivity contribution in [3.05, 3.63) is 24.3 Å². The van der Waals surface area contributed by atoms with E-state index in [2.05, 4.69) is 86.0 Å². The van der Waals surface area contributed by atoms with Crippen molar-refractivity contribution in [2.24, 2.45) is 11.8 Å². The van der Waals surface area contributed by atoms with Crippen molar-refractivity contribution in [2.45, 2.75) is 135 Å². The summed E-state index contributed by atoms with van der Waals surface area (Å²) in [5.74, 6) is 0.721. The second-order valence-corrected chi connectivity index (χ2v) is 23.0. The molecule has 0 saturated heterocycles. The summed E-state index contributed by atoms with van der Waals surface area (Å²) in [6, 6.07) is 0. The summed E-state index contributed by atoms with van der Waals surface area (Å²) in [4.78, 5) is 0. The van der Waals surface area contributed by atoms with Crippen molar-refractivity contribution < 1.29 is 19.1 Å². The Balaban J connectivity index is 3.17. The lowest BCUT2D eigenvalue weighted by Gasteiger charge is -2.41. The van der Waals surface area contributed by atoms with Crippen LogP contribution in [0.2, 0.25) is 36.3 Å². The first kappa shape index (κ1) is 31.8. The molecule has 0 bridgehead atoms. The highest BCUT2D eigenvalue weighted by molar-refractivity contribution is 6.74. The summed E-state index contributed by atoms with van der Waals surface area (Å²) < 4.78 is 13.8. The van der Waals surface area contributed by atoms with E-state index in [1.54, 1.807) is 0 Å². The molecule has 5 atom stereocenters. The third-order valence-corrected chi connectivity index (χ3v) is 17.4. The number of unbranched alkanes of at least 4 members (excludes halogenated alkanes) is 1. The van der Waals surface area contributed by atoms with E-state index in [1.165, 1.54) is 0 Å². The van der Waals surface area contributed by atoms with Gasteiger partial charge in [0.2, 0.25) is 0 Å². The molecular weight excluding hydrogens is 456 g/mol. The van der Waals surface area contributed by atoms with E-state index in [0.717, 1.165) is 32.1 Å². The SMILES string of the molecule is C[C@H](O)CCC/C=C/[C@@H]1C[C@H](O[Si](C)(C)C(C)(C)C)C[C@H]1[C@@H](/C=C/CO)O[Si](C)(C)C(C)(C)C. The molecule has 1 saturated carbocycles. The zero-order valence-electron chi connectivity index (χ0n) is 24.1. The summed E-state index contributed by atoms with van der Waals surface area (Å²) in [6.45, 7) is 25.0. The molecule has 0 aromatic heterocycles. The van der Waals surface area contributed by atoms with Gasteiger partial charge in [-0.25, -0.2) is 0 Å². The molecule has 1 aliphatic rings. The quantitative estimate of drug-likeness (QED) is 0.162. The van der Waals surface area contributed by atoms with Gasteiger partial charge in [-0.15, -0.1) is 0 Å². The summed E-state index contributed by atoms with van der Waals surface area (Å²) in [7, 11) is -3.85. The van der Waals surface area contributed by atoms with Gasteiger partial charge in [0.15, 0.2) is 16.6 Å². The standard InChI is InChI=1S/C28H56O4Si2/c1-22(30)16-13-12-14-17-23-20-24(31-33(8,9)27(2,3)4)21-25(23)26(18-15-19-29)32-34(10,11)28(5,6)7/h14-15,17-18,22-26,29-30H,12-13,16,19-21H2,1-11H3/b17-14+,18-15+/t22-,23+,24-,25+,26+/m0/s1. The molecule has 0 aromatic carbocycles. The van der Waals surface area contributed by atoms with Crippen LogP contribution >= 0.6 is 0 Å². The van der Waals surface area contributed by atoms with Gasteiger partial charge in [0.25, 0.3) is 0 Å². The topological polar surface area (TPSA) is 58.9 Å². The zero-order chi connectivity index (χ0) is 26.4. The second kappa shape index (κ2) is 12.8. The van der Waals surface area contributed by atoms with Gasteiger partial charge in [0.05, 0.1) is 18.8 Å². The average molecular weight is 513 g/mol. The van der Waals surface area contributed by atoms with Crippen LogP contribution in [0, 0.1) is 11.8 Å². The van der Waals surface area contributed by atoms with Gasteiger partial charge < -0.3 is 19.1 Å². The number of hydrogen-bond acceptors (Lipinski definition) is 4. The molecular formula is C28H56O4Si2. The minimum absolute atomic E-state index is 0.0202. The fourth-order valence-electron chi connectivity index (χ4n) is 4.13. The molecule has 2 N–H and O–H groups in total. The lowest BCUT2D eigenvalue weighted by molar-refractivity contribution is 0.132. The average Bonchev–Trinajstić information content (AvgIpc) is 3.04. The molecule has 1 rings (SSSR count). The Hall–Kier alpha value is -0.246. The Bertz CT molecular complexity index is 656. The predicted molar refractivity (Wildman–Crippen MR) is 151 cm³/mol. The Labute approximate surface area is 213 Å². The third-order valence-electron chi connectivity index (χ3n) is 8.35. The summed E-state index contributed by atoms with van der Waals surface area (Å²) >= 11 is 0.